The quantitative estimate of drug-likeness (QED) is 0.890. The lowest BCUT2D eigenvalue weighted by Gasteiger charge is -2.09. The molecule has 86 valence electrons. The molecule has 0 aliphatic rings. The van der Waals surface area contributed by atoms with Crippen molar-refractivity contribution < 1.29 is 0 Å². The van der Waals surface area contributed by atoms with Crippen LogP contribution < -0.4 is 5.32 Å². The summed E-state index contributed by atoms with van der Waals surface area (Å²) in [5, 5.41) is 4.62. The van der Waals surface area contributed by atoms with Gasteiger partial charge in [-0.15, -0.1) is 22.7 Å². The Bertz CT molecular complexity index is 422. The zero-order valence-electron chi connectivity index (χ0n) is 9.43. The number of hydrogen-bond donors (Lipinski definition) is 1. The van der Waals surface area contributed by atoms with E-state index >= 15 is 0 Å². The standard InChI is InChI=1S/C11H15N3S2/c1-3-9-4-14-11(16-9)6-13-8(2)10-5-12-7-15-10/h4-5,7-8,13H,3,6H2,1-2H3. The minimum Gasteiger partial charge on any atom is -0.303 e. The highest BCUT2D eigenvalue weighted by atomic mass is 32.1. The van der Waals surface area contributed by atoms with Crippen molar-refractivity contribution >= 4 is 22.7 Å². The molecule has 5 heteroatoms. The van der Waals surface area contributed by atoms with Crippen molar-refractivity contribution in [2.75, 3.05) is 0 Å². The van der Waals surface area contributed by atoms with Crippen LogP contribution in [-0.4, -0.2) is 9.97 Å². The van der Waals surface area contributed by atoms with Crippen LogP contribution in [-0.2, 0) is 13.0 Å². The molecule has 2 heterocycles. The molecule has 0 fully saturated rings. The Labute approximate surface area is 104 Å². The lowest BCUT2D eigenvalue weighted by atomic mass is 10.3. The van der Waals surface area contributed by atoms with Crippen LogP contribution in [0.5, 0.6) is 0 Å². The van der Waals surface area contributed by atoms with Crippen molar-refractivity contribution in [3.63, 3.8) is 0 Å². The fourth-order valence-electron chi connectivity index (χ4n) is 1.37. The third-order valence-electron chi connectivity index (χ3n) is 2.39. The summed E-state index contributed by atoms with van der Waals surface area (Å²) in [6.45, 7) is 5.15. The molecule has 0 saturated heterocycles. The largest absolute Gasteiger partial charge is 0.303 e. The molecule has 0 aliphatic heterocycles. The maximum absolute atomic E-state index is 4.38. The number of thiazole rings is 2. The van der Waals surface area contributed by atoms with Gasteiger partial charge in [-0.25, -0.2) is 4.98 Å². The first kappa shape index (κ1) is 11.7. The number of rotatable bonds is 5. The van der Waals surface area contributed by atoms with E-state index in [2.05, 4.69) is 29.1 Å². The minimum atomic E-state index is 0.349. The summed E-state index contributed by atoms with van der Waals surface area (Å²) in [5.41, 5.74) is 1.87. The van der Waals surface area contributed by atoms with E-state index in [-0.39, 0.29) is 0 Å². The highest BCUT2D eigenvalue weighted by molar-refractivity contribution is 7.11. The average molecular weight is 253 g/mol. The molecule has 2 aromatic heterocycles. The van der Waals surface area contributed by atoms with Crippen LogP contribution in [0.3, 0.4) is 0 Å². The van der Waals surface area contributed by atoms with Gasteiger partial charge >= 0.3 is 0 Å². The molecule has 16 heavy (non-hydrogen) atoms. The summed E-state index contributed by atoms with van der Waals surface area (Å²) in [6, 6.07) is 0.349. The Balaban J connectivity index is 1.87. The molecule has 1 N–H and O–H groups in total. The normalized spacial score (nSPS) is 12.9. The second-order valence-corrected chi connectivity index (χ2v) is 5.70. The molecular formula is C11H15N3S2. The van der Waals surface area contributed by atoms with Gasteiger partial charge in [0.25, 0.3) is 0 Å². The molecule has 0 bridgehead atoms. The smallest absolute Gasteiger partial charge is 0.107 e. The van der Waals surface area contributed by atoms with E-state index in [1.54, 1.807) is 22.7 Å². The average Bonchev–Trinajstić information content (AvgIpc) is 2.96. The van der Waals surface area contributed by atoms with Crippen LogP contribution >= 0.6 is 22.7 Å². The predicted molar refractivity (Wildman–Crippen MR) is 68.9 cm³/mol. The van der Waals surface area contributed by atoms with E-state index in [4.69, 9.17) is 0 Å². The van der Waals surface area contributed by atoms with Gasteiger partial charge in [-0.05, 0) is 13.3 Å². The molecule has 1 atom stereocenters. The second kappa shape index (κ2) is 5.52. The van der Waals surface area contributed by atoms with Crippen LogP contribution in [0, 0.1) is 0 Å². The Morgan fingerprint density at radius 3 is 2.94 bits per heavy atom. The van der Waals surface area contributed by atoms with Gasteiger partial charge in [0, 0.05) is 34.7 Å². The zero-order chi connectivity index (χ0) is 11.4. The number of nitrogens with one attached hydrogen (secondary N) is 1. The van der Waals surface area contributed by atoms with Crippen LogP contribution in [0.15, 0.2) is 17.9 Å². The molecule has 1 unspecified atom stereocenters. The highest BCUT2D eigenvalue weighted by Crippen LogP contribution is 2.18. The fourth-order valence-corrected chi connectivity index (χ4v) is 2.84. The molecule has 0 saturated carbocycles. The van der Waals surface area contributed by atoms with Crippen LogP contribution in [0.25, 0.3) is 0 Å². The molecule has 0 radical (unpaired) electrons. The van der Waals surface area contributed by atoms with Gasteiger partial charge in [0.15, 0.2) is 0 Å². The Kier molecular flexibility index (Phi) is 4.04. The van der Waals surface area contributed by atoms with Crippen LogP contribution in [0.2, 0.25) is 0 Å². The van der Waals surface area contributed by atoms with Crippen molar-refractivity contribution in [1.29, 1.82) is 0 Å². The first-order valence-corrected chi connectivity index (χ1v) is 7.04. The molecule has 2 rings (SSSR count). The van der Waals surface area contributed by atoms with Crippen molar-refractivity contribution in [3.05, 3.63) is 32.7 Å². The maximum Gasteiger partial charge on any atom is 0.107 e. The van der Waals surface area contributed by atoms with Gasteiger partial charge in [0.05, 0.1) is 5.51 Å². The van der Waals surface area contributed by atoms with Gasteiger partial charge in [0.2, 0.25) is 0 Å². The first-order chi connectivity index (χ1) is 7.79. The monoisotopic (exact) mass is 253 g/mol. The number of aryl methyl sites for hydroxylation is 1. The fraction of sp³-hybridized carbons (Fsp3) is 0.455. The minimum absolute atomic E-state index is 0.349. The third kappa shape index (κ3) is 2.87. The molecule has 0 spiro atoms. The van der Waals surface area contributed by atoms with E-state index in [0.29, 0.717) is 6.04 Å². The van der Waals surface area contributed by atoms with E-state index in [9.17, 15) is 0 Å². The van der Waals surface area contributed by atoms with Gasteiger partial charge in [-0.3, -0.25) is 4.98 Å². The van der Waals surface area contributed by atoms with Crippen molar-refractivity contribution in [1.82, 2.24) is 15.3 Å². The first-order valence-electron chi connectivity index (χ1n) is 5.35. The maximum atomic E-state index is 4.38. The van der Waals surface area contributed by atoms with Crippen molar-refractivity contribution in [2.45, 2.75) is 32.9 Å². The topological polar surface area (TPSA) is 37.8 Å². The lowest BCUT2D eigenvalue weighted by molar-refractivity contribution is 0.580. The third-order valence-corrected chi connectivity index (χ3v) is 4.49. The van der Waals surface area contributed by atoms with Crippen LogP contribution in [0.4, 0.5) is 0 Å². The summed E-state index contributed by atoms with van der Waals surface area (Å²) in [7, 11) is 0. The van der Waals surface area contributed by atoms with Gasteiger partial charge < -0.3 is 5.32 Å². The summed E-state index contributed by atoms with van der Waals surface area (Å²) < 4.78 is 0. The lowest BCUT2D eigenvalue weighted by Crippen LogP contribution is -2.16. The summed E-state index contributed by atoms with van der Waals surface area (Å²) in [4.78, 5) is 11.1. The van der Waals surface area contributed by atoms with E-state index in [1.807, 2.05) is 17.9 Å². The van der Waals surface area contributed by atoms with Gasteiger partial charge in [0.1, 0.15) is 5.01 Å². The summed E-state index contributed by atoms with van der Waals surface area (Å²) in [6.07, 6.45) is 4.96. The van der Waals surface area contributed by atoms with Crippen molar-refractivity contribution in [3.8, 4) is 0 Å². The van der Waals surface area contributed by atoms with Gasteiger partial charge in [-0.2, -0.15) is 0 Å². The Hall–Kier alpha value is -0.780. The molecule has 0 aliphatic carbocycles. The SMILES string of the molecule is CCc1cnc(CNC(C)c2cncs2)s1. The highest BCUT2D eigenvalue weighted by Gasteiger charge is 2.07. The molecule has 3 nitrogen and oxygen atoms in total. The van der Waals surface area contributed by atoms with Crippen LogP contribution in [0.1, 0.15) is 34.7 Å². The zero-order valence-corrected chi connectivity index (χ0v) is 11.1. The molecule has 0 amide bonds. The van der Waals surface area contributed by atoms with E-state index in [1.165, 1.54) is 9.75 Å². The number of nitrogens with zero attached hydrogens (tertiary/aromatic N) is 2. The Morgan fingerprint density at radius 1 is 1.44 bits per heavy atom. The number of aromatic nitrogens is 2. The molecular weight excluding hydrogens is 238 g/mol. The second-order valence-electron chi connectivity index (χ2n) is 3.58. The molecule has 2 aromatic rings. The summed E-state index contributed by atoms with van der Waals surface area (Å²) >= 11 is 3.47. The predicted octanol–water partition coefficient (Wildman–Crippen LogP) is 3.01. The van der Waals surface area contributed by atoms with E-state index in [0.717, 1.165) is 18.0 Å². The summed E-state index contributed by atoms with van der Waals surface area (Å²) in [5.74, 6) is 0. The van der Waals surface area contributed by atoms with Gasteiger partial charge in [-0.1, -0.05) is 6.92 Å². The molecule has 0 aromatic carbocycles. The van der Waals surface area contributed by atoms with E-state index < -0.39 is 0 Å². The Morgan fingerprint density at radius 2 is 2.31 bits per heavy atom. The number of hydrogen-bond acceptors (Lipinski definition) is 5. The van der Waals surface area contributed by atoms with Crippen molar-refractivity contribution in [2.24, 2.45) is 0 Å².